The summed E-state index contributed by atoms with van der Waals surface area (Å²) in [6.45, 7) is 0. The molecule has 0 amide bonds. The Bertz CT molecular complexity index is 449. The molecule has 0 saturated carbocycles. The van der Waals surface area contributed by atoms with Crippen LogP contribution >= 0.6 is 22.6 Å². The first kappa shape index (κ1) is 13.1. The zero-order chi connectivity index (χ0) is 12.5. The van der Waals surface area contributed by atoms with Crippen molar-refractivity contribution in [2.75, 3.05) is 0 Å². The average molecular weight is 348 g/mol. The van der Waals surface area contributed by atoms with Crippen molar-refractivity contribution < 1.29 is 22.0 Å². The molecule has 0 spiro atoms. The molecule has 0 unspecified atom stereocenters. The number of hydrogen-bond acceptors (Lipinski definition) is 2. The Balaban J connectivity index is 3.55. The summed E-state index contributed by atoms with van der Waals surface area (Å²) in [5.41, 5.74) is -3.14. The Morgan fingerprint density at radius 2 is 1.94 bits per heavy atom. The zero-order valence-electron chi connectivity index (χ0n) is 7.32. The molecule has 2 nitrogen and oxygen atoms in total. The number of aromatic nitrogens is 1. The molecule has 0 aliphatic rings. The second kappa shape index (κ2) is 4.48. The van der Waals surface area contributed by atoms with Crippen molar-refractivity contribution in [1.82, 2.24) is 4.98 Å². The molecule has 86 valence electrons. The smallest absolute Gasteiger partial charge is 0.244 e. The van der Waals surface area contributed by atoms with Gasteiger partial charge in [-0.1, -0.05) is 0 Å². The maximum Gasteiger partial charge on any atom is 0.418 e. The van der Waals surface area contributed by atoms with Crippen molar-refractivity contribution in [1.29, 1.82) is 5.26 Å². The van der Waals surface area contributed by atoms with Crippen molar-refractivity contribution >= 4 is 22.6 Å². The molecule has 0 aliphatic carbocycles. The van der Waals surface area contributed by atoms with Crippen LogP contribution in [-0.2, 0) is 6.18 Å². The molecular weight excluding hydrogens is 346 g/mol. The standard InChI is InChI=1S/C8H2F5IN2/c9-7(10)5-3(8(11,12)13)2-16-4(1-15)6(5)14/h2,7H. The van der Waals surface area contributed by atoms with Crippen molar-refractivity contribution in [3.8, 4) is 6.07 Å². The van der Waals surface area contributed by atoms with E-state index in [1.54, 1.807) is 0 Å². The number of hydrogen-bond donors (Lipinski definition) is 0. The van der Waals surface area contributed by atoms with Crippen LogP contribution in [0.4, 0.5) is 22.0 Å². The van der Waals surface area contributed by atoms with E-state index in [1.807, 2.05) is 0 Å². The summed E-state index contributed by atoms with van der Waals surface area (Å²) in [4.78, 5) is 3.18. The van der Waals surface area contributed by atoms with Crippen molar-refractivity contribution in [2.24, 2.45) is 0 Å². The molecule has 0 saturated heterocycles. The third kappa shape index (κ3) is 2.40. The minimum Gasteiger partial charge on any atom is -0.244 e. The van der Waals surface area contributed by atoms with Gasteiger partial charge in [-0.3, -0.25) is 0 Å². The zero-order valence-corrected chi connectivity index (χ0v) is 9.47. The lowest BCUT2D eigenvalue weighted by Crippen LogP contribution is -2.13. The van der Waals surface area contributed by atoms with Crippen LogP contribution in [0.15, 0.2) is 6.20 Å². The fourth-order valence-corrected chi connectivity index (χ4v) is 1.80. The molecule has 0 bridgehead atoms. The maximum absolute atomic E-state index is 12.5. The third-order valence-electron chi connectivity index (χ3n) is 1.69. The van der Waals surface area contributed by atoms with Gasteiger partial charge in [0.05, 0.1) is 9.13 Å². The van der Waals surface area contributed by atoms with Crippen LogP contribution < -0.4 is 0 Å². The molecule has 0 fully saturated rings. The van der Waals surface area contributed by atoms with Crippen LogP contribution in [0.5, 0.6) is 0 Å². The van der Waals surface area contributed by atoms with Crippen LogP contribution in [0.3, 0.4) is 0 Å². The number of halogens is 6. The van der Waals surface area contributed by atoms with Crippen LogP contribution in [0.2, 0.25) is 0 Å². The monoisotopic (exact) mass is 348 g/mol. The van der Waals surface area contributed by atoms with E-state index in [2.05, 4.69) is 4.98 Å². The fourth-order valence-electron chi connectivity index (χ4n) is 1.02. The molecule has 0 aliphatic heterocycles. The van der Waals surface area contributed by atoms with Gasteiger partial charge >= 0.3 is 6.18 Å². The number of alkyl halides is 5. The van der Waals surface area contributed by atoms with Crippen LogP contribution in [0, 0.1) is 14.9 Å². The van der Waals surface area contributed by atoms with Gasteiger partial charge in [-0.05, 0) is 22.6 Å². The van der Waals surface area contributed by atoms with E-state index in [9.17, 15) is 22.0 Å². The van der Waals surface area contributed by atoms with Crippen molar-refractivity contribution in [3.05, 3.63) is 26.6 Å². The lowest BCUT2D eigenvalue weighted by atomic mass is 10.1. The first-order valence-electron chi connectivity index (χ1n) is 3.73. The second-order valence-electron chi connectivity index (χ2n) is 2.66. The first-order valence-corrected chi connectivity index (χ1v) is 4.80. The Morgan fingerprint density at radius 1 is 1.38 bits per heavy atom. The van der Waals surface area contributed by atoms with E-state index < -0.39 is 33.0 Å². The molecule has 16 heavy (non-hydrogen) atoms. The lowest BCUT2D eigenvalue weighted by molar-refractivity contribution is -0.139. The Kier molecular flexibility index (Phi) is 3.67. The quantitative estimate of drug-likeness (QED) is 0.575. The largest absolute Gasteiger partial charge is 0.418 e. The summed E-state index contributed by atoms with van der Waals surface area (Å²) in [6.07, 6.45) is -7.96. The number of nitrogens with zero attached hydrogens (tertiary/aromatic N) is 2. The van der Waals surface area contributed by atoms with Gasteiger partial charge in [-0.25, -0.2) is 13.8 Å². The summed E-state index contributed by atoms with van der Waals surface area (Å²) >= 11 is 1.26. The highest BCUT2D eigenvalue weighted by atomic mass is 127. The highest BCUT2D eigenvalue weighted by Gasteiger charge is 2.38. The van der Waals surface area contributed by atoms with E-state index in [0.717, 1.165) is 0 Å². The summed E-state index contributed by atoms with van der Waals surface area (Å²) in [6, 6.07) is 1.45. The van der Waals surface area contributed by atoms with Gasteiger partial charge in [0.1, 0.15) is 6.07 Å². The topological polar surface area (TPSA) is 36.7 Å². The molecule has 1 aromatic rings. The lowest BCUT2D eigenvalue weighted by Gasteiger charge is -2.13. The molecule has 0 atom stereocenters. The SMILES string of the molecule is N#Cc1ncc(C(F)(F)F)c(C(F)F)c1I. The molecule has 1 heterocycles. The molecule has 0 aromatic carbocycles. The average Bonchev–Trinajstić information content (AvgIpc) is 2.15. The molecule has 1 aromatic heterocycles. The molecule has 0 N–H and O–H groups in total. The minimum atomic E-state index is -4.91. The van der Waals surface area contributed by atoms with Crippen molar-refractivity contribution in [2.45, 2.75) is 12.6 Å². The van der Waals surface area contributed by atoms with Crippen LogP contribution in [0.1, 0.15) is 23.2 Å². The van der Waals surface area contributed by atoms with Gasteiger partial charge in [0.2, 0.25) is 0 Å². The first-order chi connectivity index (χ1) is 7.29. The number of pyridine rings is 1. The van der Waals surface area contributed by atoms with Crippen LogP contribution in [-0.4, -0.2) is 4.98 Å². The molecule has 8 heteroatoms. The van der Waals surface area contributed by atoms with E-state index in [1.165, 1.54) is 28.7 Å². The van der Waals surface area contributed by atoms with Gasteiger partial charge in [0, 0.05) is 11.8 Å². The van der Waals surface area contributed by atoms with E-state index in [0.29, 0.717) is 0 Å². The van der Waals surface area contributed by atoms with Gasteiger partial charge in [-0.2, -0.15) is 18.4 Å². The van der Waals surface area contributed by atoms with E-state index in [-0.39, 0.29) is 6.20 Å². The Morgan fingerprint density at radius 3 is 2.31 bits per heavy atom. The summed E-state index contributed by atoms with van der Waals surface area (Å²) < 4.78 is 61.6. The van der Waals surface area contributed by atoms with E-state index in [4.69, 9.17) is 5.26 Å². The van der Waals surface area contributed by atoms with Crippen LogP contribution in [0.25, 0.3) is 0 Å². The molecular formula is C8H2F5IN2. The van der Waals surface area contributed by atoms with Gasteiger partial charge in [0.25, 0.3) is 6.43 Å². The van der Waals surface area contributed by atoms with Gasteiger partial charge < -0.3 is 0 Å². The number of nitriles is 1. The van der Waals surface area contributed by atoms with Crippen molar-refractivity contribution in [3.63, 3.8) is 0 Å². The Hall–Kier alpha value is -0.980. The van der Waals surface area contributed by atoms with Gasteiger partial charge in [0.15, 0.2) is 5.69 Å². The highest BCUT2D eigenvalue weighted by Crippen LogP contribution is 2.38. The molecule has 1 rings (SSSR count). The minimum absolute atomic E-state index is 0.252. The predicted molar refractivity (Wildman–Crippen MR) is 51.6 cm³/mol. The summed E-state index contributed by atoms with van der Waals surface area (Å²) in [5.74, 6) is 0. The summed E-state index contributed by atoms with van der Waals surface area (Å²) in [5, 5.41) is 8.47. The highest BCUT2D eigenvalue weighted by molar-refractivity contribution is 14.1. The van der Waals surface area contributed by atoms with E-state index >= 15 is 0 Å². The predicted octanol–water partition coefficient (Wildman–Crippen LogP) is 3.51. The third-order valence-corrected chi connectivity index (χ3v) is 2.78. The van der Waals surface area contributed by atoms with Gasteiger partial charge in [-0.15, -0.1) is 0 Å². The molecule has 0 radical (unpaired) electrons. The second-order valence-corrected chi connectivity index (χ2v) is 3.74. The summed E-state index contributed by atoms with van der Waals surface area (Å²) in [7, 11) is 0. The maximum atomic E-state index is 12.5. The fraction of sp³-hybridized carbons (Fsp3) is 0.250. The normalized spacial score (nSPS) is 11.6. The Labute approximate surface area is 100 Å². The number of rotatable bonds is 1.